The van der Waals surface area contributed by atoms with Crippen LogP contribution in [0.3, 0.4) is 0 Å². The quantitative estimate of drug-likeness (QED) is 0.203. The van der Waals surface area contributed by atoms with E-state index in [0.29, 0.717) is 5.75 Å². The number of anilines is 1. The number of sulfonamides is 1. The second kappa shape index (κ2) is 14.6. The van der Waals surface area contributed by atoms with Crippen molar-refractivity contribution < 1.29 is 22.7 Å². The largest absolute Gasteiger partial charge is 0.495 e. The Kier molecular flexibility index (Phi) is 10.9. The Morgan fingerprint density at radius 1 is 0.804 bits per heavy atom. The summed E-state index contributed by atoms with van der Waals surface area (Å²) in [6.07, 6.45) is 0.236. The van der Waals surface area contributed by atoms with Gasteiger partial charge in [-0.2, -0.15) is 0 Å². The molecule has 0 aliphatic carbocycles. The molecule has 0 spiro atoms. The van der Waals surface area contributed by atoms with E-state index in [4.69, 9.17) is 4.74 Å². The molecular formula is C37H43N3O5S. The zero-order valence-corrected chi connectivity index (χ0v) is 28.2. The molecule has 0 aliphatic rings. The van der Waals surface area contributed by atoms with Crippen molar-refractivity contribution in [3.8, 4) is 5.75 Å². The van der Waals surface area contributed by atoms with Crippen molar-refractivity contribution in [1.82, 2.24) is 10.2 Å². The van der Waals surface area contributed by atoms with Crippen LogP contribution >= 0.6 is 0 Å². The first kappa shape index (κ1) is 34.2. The Morgan fingerprint density at radius 2 is 1.37 bits per heavy atom. The number of amides is 2. The first-order chi connectivity index (χ1) is 21.8. The molecule has 242 valence electrons. The molecule has 4 aromatic rings. The number of carbonyl (C=O) groups excluding carboxylic acids is 2. The lowest BCUT2D eigenvalue weighted by Gasteiger charge is -2.35. The van der Waals surface area contributed by atoms with E-state index in [1.807, 2.05) is 101 Å². The van der Waals surface area contributed by atoms with Crippen LogP contribution in [0.2, 0.25) is 0 Å². The minimum atomic E-state index is -4.25. The smallest absolute Gasteiger partial charge is 0.264 e. The van der Waals surface area contributed by atoms with E-state index in [1.54, 1.807) is 24.3 Å². The average molecular weight is 642 g/mol. The van der Waals surface area contributed by atoms with Gasteiger partial charge in [0.1, 0.15) is 18.3 Å². The molecule has 4 aromatic carbocycles. The SMILES string of the molecule is COc1ccc(C)cc1N(CC(=O)N(Cc1ccccc1)[C@@H](Cc1ccccc1)C(=O)NC(C)(C)C)S(=O)(=O)c1ccc(C)cc1. The molecular weight excluding hydrogens is 598 g/mol. The second-order valence-electron chi connectivity index (χ2n) is 12.5. The molecule has 0 heterocycles. The minimum Gasteiger partial charge on any atom is -0.495 e. The van der Waals surface area contributed by atoms with Gasteiger partial charge in [-0.3, -0.25) is 13.9 Å². The summed E-state index contributed by atoms with van der Waals surface area (Å²) in [5, 5.41) is 3.05. The van der Waals surface area contributed by atoms with Crippen LogP contribution in [0.1, 0.15) is 43.0 Å². The van der Waals surface area contributed by atoms with Gasteiger partial charge in [-0.15, -0.1) is 0 Å². The predicted molar refractivity (Wildman–Crippen MR) is 182 cm³/mol. The lowest BCUT2D eigenvalue weighted by molar-refractivity contribution is -0.140. The molecule has 0 saturated carbocycles. The van der Waals surface area contributed by atoms with E-state index in [0.717, 1.165) is 26.6 Å². The highest BCUT2D eigenvalue weighted by Gasteiger charge is 2.36. The van der Waals surface area contributed by atoms with Gasteiger partial charge in [0.2, 0.25) is 11.8 Å². The molecule has 0 fully saturated rings. The van der Waals surface area contributed by atoms with Crippen LogP contribution in [0.15, 0.2) is 108 Å². The molecule has 0 saturated heterocycles. The second-order valence-corrected chi connectivity index (χ2v) is 14.3. The van der Waals surface area contributed by atoms with Crippen LogP contribution in [0.5, 0.6) is 5.75 Å². The lowest BCUT2D eigenvalue weighted by Crippen LogP contribution is -2.56. The number of nitrogens with zero attached hydrogens (tertiary/aromatic N) is 2. The maximum absolute atomic E-state index is 14.6. The summed E-state index contributed by atoms with van der Waals surface area (Å²) in [5.41, 5.74) is 3.03. The fourth-order valence-electron chi connectivity index (χ4n) is 5.13. The molecule has 0 radical (unpaired) electrons. The summed E-state index contributed by atoms with van der Waals surface area (Å²) in [6, 6.07) is 29.6. The predicted octanol–water partition coefficient (Wildman–Crippen LogP) is 6.06. The number of hydrogen-bond donors (Lipinski definition) is 1. The third-order valence-corrected chi connectivity index (χ3v) is 9.23. The normalized spacial score (nSPS) is 12.2. The summed E-state index contributed by atoms with van der Waals surface area (Å²) >= 11 is 0. The number of carbonyl (C=O) groups is 2. The molecule has 46 heavy (non-hydrogen) atoms. The van der Waals surface area contributed by atoms with Gasteiger partial charge in [-0.1, -0.05) is 84.4 Å². The van der Waals surface area contributed by atoms with Crippen molar-refractivity contribution in [2.45, 2.75) is 64.1 Å². The fraction of sp³-hybridized carbons (Fsp3) is 0.297. The zero-order valence-electron chi connectivity index (χ0n) is 27.4. The van der Waals surface area contributed by atoms with E-state index >= 15 is 0 Å². The Bertz CT molecular complexity index is 1740. The Morgan fingerprint density at radius 3 is 1.93 bits per heavy atom. The van der Waals surface area contributed by atoms with Gasteiger partial charge in [-0.05, 0) is 75.6 Å². The Balaban J connectivity index is 1.85. The van der Waals surface area contributed by atoms with Crippen molar-refractivity contribution in [2.24, 2.45) is 0 Å². The summed E-state index contributed by atoms with van der Waals surface area (Å²) in [5.74, 6) is -0.565. The van der Waals surface area contributed by atoms with Gasteiger partial charge in [0.15, 0.2) is 0 Å². The maximum atomic E-state index is 14.6. The van der Waals surface area contributed by atoms with E-state index in [2.05, 4.69) is 5.32 Å². The number of aryl methyl sites for hydroxylation is 2. The van der Waals surface area contributed by atoms with Crippen molar-refractivity contribution >= 4 is 27.5 Å². The van der Waals surface area contributed by atoms with Crippen LogP contribution < -0.4 is 14.4 Å². The molecule has 2 amide bonds. The molecule has 4 rings (SSSR count). The number of ether oxygens (including phenoxy) is 1. The number of benzene rings is 4. The van der Waals surface area contributed by atoms with E-state index in [9.17, 15) is 18.0 Å². The van der Waals surface area contributed by atoms with Crippen molar-refractivity contribution in [1.29, 1.82) is 0 Å². The molecule has 0 aliphatic heterocycles. The number of methoxy groups -OCH3 is 1. The standard InChI is InChI=1S/C37H43N3O5S/c1-27-17-20-31(21-18-27)46(43,44)40(32-23-28(2)19-22-34(32)45-6)26-35(41)39(25-30-15-11-8-12-16-30)33(36(42)38-37(3,4)5)24-29-13-9-7-10-14-29/h7-23,33H,24-26H2,1-6H3,(H,38,42)/t33-/m0/s1. The Hall–Kier alpha value is -4.63. The topological polar surface area (TPSA) is 96.0 Å². The fourth-order valence-corrected chi connectivity index (χ4v) is 6.55. The molecule has 9 heteroatoms. The highest BCUT2D eigenvalue weighted by atomic mass is 32.2. The Labute approximate surface area is 273 Å². The van der Waals surface area contributed by atoms with Gasteiger partial charge >= 0.3 is 0 Å². The molecule has 1 atom stereocenters. The van der Waals surface area contributed by atoms with E-state index in [1.165, 1.54) is 24.1 Å². The van der Waals surface area contributed by atoms with Gasteiger partial charge in [0.05, 0.1) is 17.7 Å². The highest BCUT2D eigenvalue weighted by molar-refractivity contribution is 7.92. The molecule has 0 bridgehead atoms. The van der Waals surface area contributed by atoms with Crippen molar-refractivity contribution in [2.75, 3.05) is 18.0 Å². The monoisotopic (exact) mass is 641 g/mol. The number of nitrogens with one attached hydrogen (secondary N) is 1. The van der Waals surface area contributed by atoms with Gasteiger partial charge < -0.3 is 15.0 Å². The number of rotatable bonds is 12. The molecule has 0 unspecified atom stereocenters. The van der Waals surface area contributed by atoms with Crippen LogP contribution in [0.4, 0.5) is 5.69 Å². The van der Waals surface area contributed by atoms with Crippen LogP contribution in [-0.2, 0) is 32.6 Å². The maximum Gasteiger partial charge on any atom is 0.264 e. The van der Waals surface area contributed by atoms with E-state index in [-0.39, 0.29) is 29.5 Å². The molecule has 1 N–H and O–H groups in total. The average Bonchev–Trinajstić information content (AvgIpc) is 3.01. The third kappa shape index (κ3) is 8.75. The van der Waals surface area contributed by atoms with Crippen LogP contribution in [0.25, 0.3) is 0 Å². The van der Waals surface area contributed by atoms with Gasteiger partial charge in [-0.25, -0.2) is 8.42 Å². The first-order valence-electron chi connectivity index (χ1n) is 15.2. The summed E-state index contributed by atoms with van der Waals surface area (Å²) in [6.45, 7) is 8.90. The summed E-state index contributed by atoms with van der Waals surface area (Å²) in [7, 11) is -2.79. The number of hydrogen-bond acceptors (Lipinski definition) is 5. The summed E-state index contributed by atoms with van der Waals surface area (Å²) < 4.78 is 35.4. The highest BCUT2D eigenvalue weighted by Crippen LogP contribution is 2.34. The van der Waals surface area contributed by atoms with Crippen LogP contribution in [0, 0.1) is 13.8 Å². The van der Waals surface area contributed by atoms with Crippen molar-refractivity contribution in [3.05, 3.63) is 125 Å². The lowest BCUT2D eigenvalue weighted by atomic mass is 10.0. The summed E-state index contributed by atoms with van der Waals surface area (Å²) in [4.78, 5) is 30.2. The first-order valence-corrected chi connectivity index (χ1v) is 16.7. The van der Waals surface area contributed by atoms with Crippen LogP contribution in [-0.4, -0.2) is 50.4 Å². The van der Waals surface area contributed by atoms with Crippen molar-refractivity contribution in [3.63, 3.8) is 0 Å². The van der Waals surface area contributed by atoms with Gasteiger partial charge in [0, 0.05) is 18.5 Å². The minimum absolute atomic E-state index is 0.0374. The zero-order chi connectivity index (χ0) is 33.5. The third-order valence-electron chi connectivity index (χ3n) is 7.46. The molecule has 0 aromatic heterocycles. The van der Waals surface area contributed by atoms with Gasteiger partial charge in [0.25, 0.3) is 10.0 Å². The molecule has 8 nitrogen and oxygen atoms in total. The van der Waals surface area contributed by atoms with E-state index < -0.39 is 34.1 Å².